The lowest BCUT2D eigenvalue weighted by Crippen LogP contribution is -2.33. The Morgan fingerprint density at radius 1 is 1.42 bits per heavy atom. The summed E-state index contributed by atoms with van der Waals surface area (Å²) in [5.74, 6) is 0.703. The van der Waals surface area contributed by atoms with Gasteiger partial charge in [0.2, 0.25) is 0 Å². The summed E-state index contributed by atoms with van der Waals surface area (Å²) in [5.41, 5.74) is 5.65. The van der Waals surface area contributed by atoms with E-state index in [4.69, 9.17) is 5.73 Å². The lowest BCUT2D eigenvalue weighted by molar-refractivity contribution is 0.111. The molecular formula is C10H23NO. The molecule has 0 saturated heterocycles. The maximum atomic E-state index is 9.21. The SMILES string of the molecule is CCC(CN)(CO)CCC(C)C. The summed E-state index contributed by atoms with van der Waals surface area (Å²) >= 11 is 0. The van der Waals surface area contributed by atoms with Crippen LogP contribution in [0.15, 0.2) is 0 Å². The van der Waals surface area contributed by atoms with Gasteiger partial charge in [-0.25, -0.2) is 0 Å². The first kappa shape index (κ1) is 11.9. The van der Waals surface area contributed by atoms with Crippen molar-refractivity contribution in [2.45, 2.75) is 40.0 Å². The molecule has 12 heavy (non-hydrogen) atoms. The number of hydrogen-bond acceptors (Lipinski definition) is 2. The molecular weight excluding hydrogens is 150 g/mol. The van der Waals surface area contributed by atoms with E-state index in [0.29, 0.717) is 12.5 Å². The van der Waals surface area contributed by atoms with E-state index in [0.717, 1.165) is 19.3 Å². The highest BCUT2D eigenvalue weighted by molar-refractivity contribution is 4.78. The van der Waals surface area contributed by atoms with Crippen LogP contribution in [0.25, 0.3) is 0 Å². The second kappa shape index (κ2) is 5.55. The average Bonchev–Trinajstić information content (AvgIpc) is 2.08. The highest BCUT2D eigenvalue weighted by Gasteiger charge is 2.25. The molecule has 1 atom stereocenters. The minimum Gasteiger partial charge on any atom is -0.396 e. The third-order valence-corrected chi connectivity index (χ3v) is 2.77. The standard InChI is InChI=1S/C10H23NO/c1-4-10(7-11,8-12)6-5-9(2)3/h9,12H,4-8,11H2,1-3H3. The molecule has 0 aliphatic carbocycles. The Morgan fingerprint density at radius 3 is 2.25 bits per heavy atom. The van der Waals surface area contributed by atoms with Crippen LogP contribution < -0.4 is 5.73 Å². The largest absolute Gasteiger partial charge is 0.396 e. The number of rotatable bonds is 6. The Balaban J connectivity index is 3.93. The van der Waals surface area contributed by atoms with Crippen molar-refractivity contribution in [1.29, 1.82) is 0 Å². The smallest absolute Gasteiger partial charge is 0.0499 e. The molecule has 74 valence electrons. The minimum absolute atomic E-state index is 0.00965. The quantitative estimate of drug-likeness (QED) is 0.643. The van der Waals surface area contributed by atoms with E-state index >= 15 is 0 Å². The zero-order valence-corrected chi connectivity index (χ0v) is 8.64. The Hall–Kier alpha value is -0.0800. The summed E-state index contributed by atoms with van der Waals surface area (Å²) < 4.78 is 0. The van der Waals surface area contributed by atoms with Crippen LogP contribution in [0.1, 0.15) is 40.0 Å². The third-order valence-electron chi connectivity index (χ3n) is 2.77. The molecule has 2 heteroatoms. The van der Waals surface area contributed by atoms with Crippen LogP contribution in [0.5, 0.6) is 0 Å². The van der Waals surface area contributed by atoms with Gasteiger partial charge in [-0.1, -0.05) is 27.2 Å². The lowest BCUT2D eigenvalue weighted by Gasteiger charge is -2.29. The number of aliphatic hydroxyl groups excluding tert-OH is 1. The maximum absolute atomic E-state index is 9.21. The summed E-state index contributed by atoms with van der Waals surface area (Å²) in [6.45, 7) is 7.34. The molecule has 3 N–H and O–H groups in total. The lowest BCUT2D eigenvalue weighted by atomic mass is 9.80. The molecule has 0 saturated carbocycles. The van der Waals surface area contributed by atoms with Crippen LogP contribution in [0.3, 0.4) is 0 Å². The van der Waals surface area contributed by atoms with Gasteiger partial charge in [-0.05, 0) is 18.8 Å². The molecule has 0 amide bonds. The molecule has 0 rings (SSSR count). The monoisotopic (exact) mass is 173 g/mol. The van der Waals surface area contributed by atoms with Crippen molar-refractivity contribution in [3.05, 3.63) is 0 Å². The zero-order valence-electron chi connectivity index (χ0n) is 8.64. The molecule has 0 aromatic carbocycles. The van der Waals surface area contributed by atoms with Crippen molar-refractivity contribution >= 4 is 0 Å². The highest BCUT2D eigenvalue weighted by Crippen LogP contribution is 2.27. The first-order chi connectivity index (χ1) is 5.60. The van der Waals surface area contributed by atoms with E-state index in [1.807, 2.05) is 0 Å². The van der Waals surface area contributed by atoms with E-state index in [1.165, 1.54) is 0 Å². The summed E-state index contributed by atoms with van der Waals surface area (Å²) in [5, 5.41) is 9.21. The minimum atomic E-state index is -0.00965. The van der Waals surface area contributed by atoms with Gasteiger partial charge >= 0.3 is 0 Å². The van der Waals surface area contributed by atoms with E-state index in [-0.39, 0.29) is 12.0 Å². The second-order valence-electron chi connectivity index (χ2n) is 4.15. The summed E-state index contributed by atoms with van der Waals surface area (Å²) in [4.78, 5) is 0. The topological polar surface area (TPSA) is 46.2 Å². The molecule has 0 heterocycles. The fourth-order valence-corrected chi connectivity index (χ4v) is 1.27. The molecule has 0 radical (unpaired) electrons. The summed E-state index contributed by atoms with van der Waals surface area (Å²) in [6, 6.07) is 0. The van der Waals surface area contributed by atoms with Gasteiger partial charge in [0.25, 0.3) is 0 Å². The third kappa shape index (κ3) is 3.55. The van der Waals surface area contributed by atoms with Gasteiger partial charge in [-0.3, -0.25) is 0 Å². The van der Waals surface area contributed by atoms with Crippen LogP contribution in [-0.2, 0) is 0 Å². The van der Waals surface area contributed by atoms with Crippen LogP contribution in [0, 0.1) is 11.3 Å². The van der Waals surface area contributed by atoms with Gasteiger partial charge in [0, 0.05) is 18.6 Å². The van der Waals surface area contributed by atoms with E-state index in [2.05, 4.69) is 20.8 Å². The molecule has 0 aliphatic heterocycles. The Kier molecular flexibility index (Phi) is 5.51. The average molecular weight is 173 g/mol. The van der Waals surface area contributed by atoms with Crippen molar-refractivity contribution in [1.82, 2.24) is 0 Å². The van der Waals surface area contributed by atoms with Crippen LogP contribution in [0.4, 0.5) is 0 Å². The number of nitrogens with two attached hydrogens (primary N) is 1. The predicted molar refractivity (Wildman–Crippen MR) is 52.9 cm³/mol. The second-order valence-corrected chi connectivity index (χ2v) is 4.15. The van der Waals surface area contributed by atoms with Gasteiger partial charge < -0.3 is 10.8 Å². The number of hydrogen-bond donors (Lipinski definition) is 2. The van der Waals surface area contributed by atoms with Crippen molar-refractivity contribution in [2.24, 2.45) is 17.1 Å². The van der Waals surface area contributed by atoms with Gasteiger partial charge in [0.05, 0.1) is 0 Å². The molecule has 0 aliphatic rings. The van der Waals surface area contributed by atoms with Crippen LogP contribution in [0.2, 0.25) is 0 Å². The van der Waals surface area contributed by atoms with Crippen molar-refractivity contribution in [3.8, 4) is 0 Å². The highest BCUT2D eigenvalue weighted by atomic mass is 16.3. The molecule has 0 aromatic rings. The van der Waals surface area contributed by atoms with Gasteiger partial charge in [-0.15, -0.1) is 0 Å². The van der Waals surface area contributed by atoms with E-state index < -0.39 is 0 Å². The van der Waals surface area contributed by atoms with Gasteiger partial charge in [0.1, 0.15) is 0 Å². The Morgan fingerprint density at radius 2 is 2.00 bits per heavy atom. The summed E-state index contributed by atoms with van der Waals surface area (Å²) in [6.07, 6.45) is 3.19. The first-order valence-electron chi connectivity index (χ1n) is 4.91. The van der Waals surface area contributed by atoms with Crippen molar-refractivity contribution < 1.29 is 5.11 Å². The maximum Gasteiger partial charge on any atom is 0.0499 e. The molecule has 0 aromatic heterocycles. The van der Waals surface area contributed by atoms with Crippen LogP contribution >= 0.6 is 0 Å². The molecule has 1 unspecified atom stereocenters. The first-order valence-corrected chi connectivity index (χ1v) is 4.91. The van der Waals surface area contributed by atoms with Crippen molar-refractivity contribution in [3.63, 3.8) is 0 Å². The molecule has 2 nitrogen and oxygen atoms in total. The summed E-state index contributed by atoms with van der Waals surface area (Å²) in [7, 11) is 0. The molecule has 0 fully saturated rings. The van der Waals surface area contributed by atoms with Gasteiger partial charge in [-0.2, -0.15) is 0 Å². The van der Waals surface area contributed by atoms with Crippen LogP contribution in [-0.4, -0.2) is 18.3 Å². The van der Waals surface area contributed by atoms with E-state index in [1.54, 1.807) is 0 Å². The van der Waals surface area contributed by atoms with Crippen molar-refractivity contribution in [2.75, 3.05) is 13.2 Å². The molecule has 0 bridgehead atoms. The predicted octanol–water partition coefficient (Wildman–Crippen LogP) is 1.77. The Bertz CT molecular complexity index is 100. The number of aliphatic hydroxyl groups is 1. The normalized spacial score (nSPS) is 16.5. The fraction of sp³-hybridized carbons (Fsp3) is 1.00. The Labute approximate surface area is 76.2 Å². The molecule has 0 spiro atoms. The van der Waals surface area contributed by atoms with E-state index in [9.17, 15) is 5.11 Å². The zero-order chi connectivity index (χ0) is 9.61. The van der Waals surface area contributed by atoms with Gasteiger partial charge in [0.15, 0.2) is 0 Å². The fourth-order valence-electron chi connectivity index (χ4n) is 1.27.